The van der Waals surface area contributed by atoms with Crippen LogP contribution in [0.4, 0.5) is 0 Å². The minimum absolute atomic E-state index is 0.0109. The summed E-state index contributed by atoms with van der Waals surface area (Å²) in [6.07, 6.45) is 2.07. The zero-order valence-corrected chi connectivity index (χ0v) is 10.4. The maximum absolute atomic E-state index is 12.1. The van der Waals surface area contributed by atoms with E-state index in [1.54, 1.807) is 9.80 Å². The number of aliphatic carboxylic acids is 1. The number of nitrogens with one attached hydrogen (secondary N) is 2. The van der Waals surface area contributed by atoms with Gasteiger partial charge in [0.25, 0.3) is 5.91 Å². The number of aromatic amines is 2. The number of H-pyrrole nitrogens is 2. The molecule has 1 aliphatic heterocycles. The second kappa shape index (κ2) is 5.70. The molecular formula is C11H16N4O4. The highest BCUT2D eigenvalue weighted by atomic mass is 16.4. The van der Waals surface area contributed by atoms with Gasteiger partial charge in [0.1, 0.15) is 5.69 Å². The average molecular weight is 268 g/mol. The Balaban J connectivity index is 1.97. The molecule has 0 aromatic carbocycles. The predicted molar refractivity (Wildman–Crippen MR) is 66.0 cm³/mol. The molecule has 1 saturated heterocycles. The topological polar surface area (TPSA) is 110 Å². The van der Waals surface area contributed by atoms with E-state index in [1.807, 2.05) is 0 Å². The molecule has 8 heteroatoms. The van der Waals surface area contributed by atoms with Crippen molar-refractivity contribution in [1.29, 1.82) is 0 Å². The van der Waals surface area contributed by atoms with Gasteiger partial charge in [0, 0.05) is 32.4 Å². The monoisotopic (exact) mass is 268 g/mol. The van der Waals surface area contributed by atoms with Gasteiger partial charge in [0.15, 0.2) is 0 Å². The summed E-state index contributed by atoms with van der Waals surface area (Å²) in [5.41, 5.74) is -0.178. The molecule has 0 bridgehead atoms. The third-order valence-electron chi connectivity index (χ3n) is 3.06. The van der Waals surface area contributed by atoms with Gasteiger partial charge in [0.2, 0.25) is 0 Å². The number of hydrogen-bond acceptors (Lipinski definition) is 4. The zero-order chi connectivity index (χ0) is 13.8. The Morgan fingerprint density at radius 1 is 1.26 bits per heavy atom. The van der Waals surface area contributed by atoms with E-state index in [9.17, 15) is 14.4 Å². The van der Waals surface area contributed by atoms with E-state index in [0.717, 1.165) is 0 Å². The van der Waals surface area contributed by atoms with Crippen LogP contribution in [0.1, 0.15) is 16.9 Å². The van der Waals surface area contributed by atoms with Gasteiger partial charge in [0.05, 0.1) is 6.54 Å². The third-order valence-corrected chi connectivity index (χ3v) is 3.06. The van der Waals surface area contributed by atoms with E-state index in [1.165, 1.54) is 6.20 Å². The molecule has 1 aromatic rings. The van der Waals surface area contributed by atoms with Crippen molar-refractivity contribution >= 4 is 11.9 Å². The molecule has 0 atom stereocenters. The van der Waals surface area contributed by atoms with Crippen LogP contribution >= 0.6 is 0 Å². The first kappa shape index (κ1) is 13.3. The van der Waals surface area contributed by atoms with Crippen molar-refractivity contribution < 1.29 is 14.7 Å². The molecule has 3 N–H and O–H groups in total. The van der Waals surface area contributed by atoms with Gasteiger partial charge in [-0.3, -0.25) is 14.5 Å². The van der Waals surface area contributed by atoms with Gasteiger partial charge in [-0.25, -0.2) is 4.79 Å². The van der Waals surface area contributed by atoms with E-state index >= 15 is 0 Å². The highest BCUT2D eigenvalue weighted by Gasteiger charge is 2.22. The van der Waals surface area contributed by atoms with Crippen LogP contribution in [0.25, 0.3) is 0 Å². The molecule has 1 fully saturated rings. The summed E-state index contributed by atoms with van der Waals surface area (Å²) in [5.74, 6) is -1.11. The summed E-state index contributed by atoms with van der Waals surface area (Å²) in [6.45, 7) is 2.18. The van der Waals surface area contributed by atoms with Crippen molar-refractivity contribution in [2.24, 2.45) is 0 Å². The van der Waals surface area contributed by atoms with Crippen LogP contribution in [-0.2, 0) is 4.79 Å². The van der Waals surface area contributed by atoms with Crippen LogP contribution in [0, 0.1) is 0 Å². The van der Waals surface area contributed by atoms with Gasteiger partial charge in [-0.05, 0) is 6.42 Å². The number of carbonyl (C=O) groups excluding carboxylic acids is 1. The van der Waals surface area contributed by atoms with Gasteiger partial charge in [-0.1, -0.05) is 0 Å². The largest absolute Gasteiger partial charge is 0.480 e. The predicted octanol–water partition coefficient (Wildman–Crippen LogP) is -1.06. The Kier molecular flexibility index (Phi) is 4.00. The lowest BCUT2D eigenvalue weighted by atomic mass is 10.3. The Morgan fingerprint density at radius 2 is 2.05 bits per heavy atom. The third kappa shape index (κ3) is 3.44. The molecule has 0 spiro atoms. The first-order valence-corrected chi connectivity index (χ1v) is 6.07. The lowest BCUT2D eigenvalue weighted by molar-refractivity contribution is -0.138. The van der Waals surface area contributed by atoms with Crippen LogP contribution in [0.15, 0.2) is 11.0 Å². The van der Waals surface area contributed by atoms with E-state index in [0.29, 0.717) is 32.6 Å². The molecule has 0 radical (unpaired) electrons. The standard InChI is InChI=1S/C11H16N4O4/c16-9(17)7-14-2-1-3-15(5-4-14)10(18)8-6-12-11(19)13-8/h6H,1-5,7H2,(H,16,17)(H2,12,13,19). The lowest BCUT2D eigenvalue weighted by Crippen LogP contribution is -2.37. The van der Waals surface area contributed by atoms with Crippen molar-refractivity contribution in [3.8, 4) is 0 Å². The van der Waals surface area contributed by atoms with Crippen LogP contribution in [0.5, 0.6) is 0 Å². The smallest absolute Gasteiger partial charge is 0.323 e. The summed E-state index contributed by atoms with van der Waals surface area (Å²) in [4.78, 5) is 42.0. The fourth-order valence-corrected chi connectivity index (χ4v) is 2.14. The minimum Gasteiger partial charge on any atom is -0.480 e. The highest BCUT2D eigenvalue weighted by Crippen LogP contribution is 2.06. The second-order valence-electron chi connectivity index (χ2n) is 4.47. The summed E-state index contributed by atoms with van der Waals surface area (Å²) < 4.78 is 0. The second-order valence-corrected chi connectivity index (χ2v) is 4.47. The Hall–Kier alpha value is -2.09. The molecular weight excluding hydrogens is 252 g/mol. The molecule has 1 aliphatic rings. The van der Waals surface area contributed by atoms with Crippen LogP contribution in [-0.4, -0.2) is 69.5 Å². The van der Waals surface area contributed by atoms with E-state index in [2.05, 4.69) is 9.97 Å². The van der Waals surface area contributed by atoms with Crippen LogP contribution in [0.3, 0.4) is 0 Å². The minimum atomic E-state index is -0.866. The van der Waals surface area contributed by atoms with E-state index < -0.39 is 11.7 Å². The molecule has 1 amide bonds. The number of carboxylic acids is 1. The molecule has 0 saturated carbocycles. The summed E-state index contributed by atoms with van der Waals surface area (Å²) >= 11 is 0. The molecule has 19 heavy (non-hydrogen) atoms. The molecule has 1 aromatic heterocycles. The van der Waals surface area contributed by atoms with Crippen molar-refractivity contribution in [2.75, 3.05) is 32.7 Å². The van der Waals surface area contributed by atoms with Gasteiger partial charge in [-0.2, -0.15) is 0 Å². The molecule has 8 nitrogen and oxygen atoms in total. The van der Waals surface area contributed by atoms with E-state index in [4.69, 9.17) is 5.11 Å². The van der Waals surface area contributed by atoms with Crippen LogP contribution < -0.4 is 5.69 Å². The van der Waals surface area contributed by atoms with E-state index in [-0.39, 0.29) is 18.1 Å². The lowest BCUT2D eigenvalue weighted by Gasteiger charge is -2.20. The first-order valence-electron chi connectivity index (χ1n) is 6.07. The maximum Gasteiger partial charge on any atom is 0.323 e. The Morgan fingerprint density at radius 3 is 2.68 bits per heavy atom. The van der Waals surface area contributed by atoms with Crippen molar-refractivity contribution in [3.05, 3.63) is 22.4 Å². The van der Waals surface area contributed by atoms with Crippen molar-refractivity contribution in [1.82, 2.24) is 19.8 Å². The summed E-state index contributed by atoms with van der Waals surface area (Å²) in [5, 5.41) is 8.75. The zero-order valence-electron chi connectivity index (χ0n) is 10.4. The quantitative estimate of drug-likeness (QED) is 0.647. The maximum atomic E-state index is 12.1. The normalized spacial score (nSPS) is 17.2. The highest BCUT2D eigenvalue weighted by molar-refractivity contribution is 5.92. The summed E-state index contributed by atoms with van der Waals surface area (Å²) in [6, 6.07) is 0. The molecule has 2 rings (SSSR count). The molecule has 0 unspecified atom stereocenters. The number of aromatic nitrogens is 2. The van der Waals surface area contributed by atoms with Gasteiger partial charge in [-0.15, -0.1) is 0 Å². The number of nitrogens with zero attached hydrogens (tertiary/aromatic N) is 2. The fraction of sp³-hybridized carbons (Fsp3) is 0.545. The number of rotatable bonds is 3. The SMILES string of the molecule is O=C(O)CN1CCCN(C(=O)c2c[nH]c(=O)[nH]2)CC1. The van der Waals surface area contributed by atoms with Gasteiger partial charge >= 0.3 is 11.7 Å². The molecule has 0 aliphatic carbocycles. The van der Waals surface area contributed by atoms with Crippen molar-refractivity contribution in [3.63, 3.8) is 0 Å². The number of imidazole rings is 1. The fourth-order valence-electron chi connectivity index (χ4n) is 2.14. The Labute approximate surface area is 109 Å². The Bertz CT molecular complexity index is 521. The number of hydrogen-bond donors (Lipinski definition) is 3. The van der Waals surface area contributed by atoms with Gasteiger partial charge < -0.3 is 20.0 Å². The number of carboxylic acid groups (broad SMARTS) is 1. The molecule has 104 valence electrons. The number of carbonyl (C=O) groups is 2. The average Bonchev–Trinajstić information content (AvgIpc) is 2.65. The van der Waals surface area contributed by atoms with Crippen LogP contribution in [0.2, 0.25) is 0 Å². The molecule has 2 heterocycles. The summed E-state index contributed by atoms with van der Waals surface area (Å²) in [7, 11) is 0. The first-order chi connectivity index (χ1) is 9.06. The number of amides is 1. The van der Waals surface area contributed by atoms with Crippen molar-refractivity contribution in [2.45, 2.75) is 6.42 Å².